The van der Waals surface area contributed by atoms with Crippen LogP contribution >= 0.6 is 22.9 Å². The van der Waals surface area contributed by atoms with Crippen LogP contribution in [-0.2, 0) is 17.0 Å². The highest BCUT2D eigenvalue weighted by Crippen LogP contribution is 2.14. The number of ether oxygens (including phenoxy) is 1. The van der Waals surface area contributed by atoms with Gasteiger partial charge < -0.3 is 4.74 Å². The van der Waals surface area contributed by atoms with Crippen LogP contribution in [0.4, 0.5) is 0 Å². The molecule has 0 amide bonds. The molecule has 18 heavy (non-hydrogen) atoms. The number of hydrogen-bond donors (Lipinski definition) is 0. The molecule has 0 aliphatic heterocycles. The van der Waals surface area contributed by atoms with E-state index in [1.807, 2.05) is 5.38 Å². The van der Waals surface area contributed by atoms with Crippen LogP contribution in [0, 0.1) is 0 Å². The minimum atomic E-state index is 0.481. The number of rotatable bonds is 9. The molecule has 0 aliphatic carbocycles. The summed E-state index contributed by atoms with van der Waals surface area (Å²) in [5, 5.41) is 3.24. The summed E-state index contributed by atoms with van der Waals surface area (Å²) in [5.41, 5.74) is 0.997. The first-order valence-electron chi connectivity index (χ1n) is 6.43. The number of nitrogens with zero attached hydrogens (tertiary/aromatic N) is 2. The van der Waals surface area contributed by atoms with Gasteiger partial charge in [0.15, 0.2) is 0 Å². The van der Waals surface area contributed by atoms with Crippen molar-refractivity contribution in [3.05, 3.63) is 16.1 Å². The van der Waals surface area contributed by atoms with E-state index in [0.717, 1.165) is 38.2 Å². The Hall–Kier alpha value is -0.160. The maximum absolute atomic E-state index is 5.75. The normalized spacial score (nSPS) is 13.2. The fraction of sp³-hybridized carbons (Fsp3) is 0.769. The van der Waals surface area contributed by atoms with Gasteiger partial charge in [0.25, 0.3) is 0 Å². The number of hydrogen-bond acceptors (Lipinski definition) is 4. The summed E-state index contributed by atoms with van der Waals surface area (Å²) in [6.45, 7) is 7.36. The predicted molar refractivity (Wildman–Crippen MR) is 78.6 cm³/mol. The summed E-state index contributed by atoms with van der Waals surface area (Å²) in [5.74, 6) is 0.516. The van der Waals surface area contributed by atoms with E-state index < -0.39 is 0 Å². The summed E-state index contributed by atoms with van der Waals surface area (Å²) in [6.07, 6.45) is 2.18. The first-order chi connectivity index (χ1) is 8.71. The highest BCUT2D eigenvalue weighted by Gasteiger charge is 2.11. The molecule has 1 aromatic heterocycles. The largest absolute Gasteiger partial charge is 0.383 e. The molecule has 0 aromatic carbocycles. The van der Waals surface area contributed by atoms with Gasteiger partial charge in [-0.1, -0.05) is 6.92 Å². The standard InChI is InChI=1S/C13H23ClN2OS/c1-4-16(11(2)9-17-3)7-5-6-13-15-12(8-14)10-18-13/h10-11H,4-9H2,1-3H3. The van der Waals surface area contributed by atoms with Crippen molar-refractivity contribution in [2.45, 2.75) is 38.6 Å². The fourth-order valence-corrected chi connectivity index (χ4v) is 3.06. The molecule has 1 aromatic rings. The topological polar surface area (TPSA) is 25.4 Å². The number of likely N-dealkylation sites (N-methyl/N-ethyl adjacent to an activating group) is 1. The van der Waals surface area contributed by atoms with E-state index in [4.69, 9.17) is 16.3 Å². The van der Waals surface area contributed by atoms with Crippen LogP contribution in [0.15, 0.2) is 5.38 Å². The van der Waals surface area contributed by atoms with Crippen molar-refractivity contribution >= 4 is 22.9 Å². The number of aryl methyl sites for hydroxylation is 1. The van der Waals surface area contributed by atoms with Crippen molar-refractivity contribution in [3.8, 4) is 0 Å². The van der Waals surface area contributed by atoms with Crippen LogP contribution in [0.2, 0.25) is 0 Å². The minimum absolute atomic E-state index is 0.481. The van der Waals surface area contributed by atoms with Crippen LogP contribution in [-0.4, -0.2) is 42.7 Å². The first-order valence-corrected chi connectivity index (χ1v) is 7.84. The quantitative estimate of drug-likeness (QED) is 0.653. The fourth-order valence-electron chi connectivity index (χ4n) is 2.00. The Morgan fingerprint density at radius 1 is 1.56 bits per heavy atom. The number of thiazole rings is 1. The number of halogens is 1. The maximum atomic E-state index is 5.75. The first kappa shape index (κ1) is 15.9. The lowest BCUT2D eigenvalue weighted by Crippen LogP contribution is -2.36. The van der Waals surface area contributed by atoms with Gasteiger partial charge in [-0.15, -0.1) is 22.9 Å². The second-order valence-electron chi connectivity index (χ2n) is 4.40. The van der Waals surface area contributed by atoms with E-state index in [0.29, 0.717) is 11.9 Å². The van der Waals surface area contributed by atoms with E-state index in [1.54, 1.807) is 18.4 Å². The molecule has 0 radical (unpaired) electrons. The van der Waals surface area contributed by atoms with Crippen LogP contribution in [0.1, 0.15) is 31.0 Å². The molecule has 1 unspecified atom stereocenters. The molecule has 3 nitrogen and oxygen atoms in total. The zero-order valence-electron chi connectivity index (χ0n) is 11.5. The lowest BCUT2D eigenvalue weighted by molar-refractivity contribution is 0.102. The van der Waals surface area contributed by atoms with Crippen LogP contribution < -0.4 is 0 Å². The van der Waals surface area contributed by atoms with Crippen LogP contribution in [0.3, 0.4) is 0 Å². The molecule has 0 spiro atoms. The van der Waals surface area contributed by atoms with Crippen LogP contribution in [0.5, 0.6) is 0 Å². The second-order valence-corrected chi connectivity index (χ2v) is 5.61. The Kier molecular flexibility index (Phi) is 7.82. The molecule has 1 heterocycles. The Morgan fingerprint density at radius 2 is 2.33 bits per heavy atom. The molecular weight excluding hydrogens is 268 g/mol. The molecule has 5 heteroatoms. The molecule has 0 saturated carbocycles. The van der Waals surface area contributed by atoms with Gasteiger partial charge in [0, 0.05) is 25.0 Å². The van der Waals surface area contributed by atoms with Crippen molar-refractivity contribution in [1.82, 2.24) is 9.88 Å². The summed E-state index contributed by atoms with van der Waals surface area (Å²) < 4.78 is 5.20. The highest BCUT2D eigenvalue weighted by atomic mass is 35.5. The van der Waals surface area contributed by atoms with Crippen molar-refractivity contribution in [3.63, 3.8) is 0 Å². The lowest BCUT2D eigenvalue weighted by atomic mass is 10.2. The second kappa shape index (κ2) is 8.86. The average molecular weight is 291 g/mol. The number of alkyl halides is 1. The zero-order valence-corrected chi connectivity index (χ0v) is 13.1. The van der Waals surface area contributed by atoms with Gasteiger partial charge in [-0.3, -0.25) is 4.90 Å². The summed E-state index contributed by atoms with van der Waals surface area (Å²) in [4.78, 5) is 6.92. The highest BCUT2D eigenvalue weighted by molar-refractivity contribution is 7.09. The third-order valence-corrected chi connectivity index (χ3v) is 4.24. The molecule has 1 atom stereocenters. The van der Waals surface area contributed by atoms with Gasteiger partial charge in [0.2, 0.25) is 0 Å². The van der Waals surface area contributed by atoms with Crippen molar-refractivity contribution in [1.29, 1.82) is 0 Å². The van der Waals surface area contributed by atoms with Gasteiger partial charge in [-0.05, 0) is 26.4 Å². The maximum Gasteiger partial charge on any atom is 0.0929 e. The summed E-state index contributed by atoms with van der Waals surface area (Å²) in [6, 6.07) is 0.481. The third kappa shape index (κ3) is 5.22. The third-order valence-electron chi connectivity index (χ3n) is 3.01. The summed E-state index contributed by atoms with van der Waals surface area (Å²) >= 11 is 7.46. The van der Waals surface area contributed by atoms with Crippen LogP contribution in [0.25, 0.3) is 0 Å². The average Bonchev–Trinajstić information content (AvgIpc) is 2.82. The van der Waals surface area contributed by atoms with E-state index >= 15 is 0 Å². The van der Waals surface area contributed by atoms with Crippen molar-refractivity contribution in [2.24, 2.45) is 0 Å². The molecule has 0 fully saturated rings. The Labute approximate surface area is 119 Å². The Balaban J connectivity index is 2.30. The van der Waals surface area contributed by atoms with Crippen molar-refractivity contribution < 1.29 is 4.74 Å². The minimum Gasteiger partial charge on any atom is -0.383 e. The summed E-state index contributed by atoms with van der Waals surface area (Å²) in [7, 11) is 1.76. The van der Waals surface area contributed by atoms with Gasteiger partial charge in [0.05, 0.1) is 23.2 Å². The molecule has 0 aliphatic rings. The molecule has 0 saturated heterocycles. The van der Waals surface area contributed by atoms with Gasteiger partial charge in [-0.2, -0.15) is 0 Å². The SMILES string of the molecule is CCN(CCCc1nc(CCl)cs1)C(C)COC. The monoisotopic (exact) mass is 290 g/mol. The van der Waals surface area contributed by atoms with Gasteiger partial charge >= 0.3 is 0 Å². The van der Waals surface area contributed by atoms with Gasteiger partial charge in [-0.25, -0.2) is 4.98 Å². The zero-order chi connectivity index (χ0) is 13.4. The molecule has 0 N–H and O–H groups in total. The molecular formula is C13H23ClN2OS. The molecule has 0 bridgehead atoms. The van der Waals surface area contributed by atoms with E-state index in [-0.39, 0.29) is 0 Å². The number of aromatic nitrogens is 1. The molecule has 104 valence electrons. The van der Waals surface area contributed by atoms with E-state index in [9.17, 15) is 0 Å². The number of methoxy groups -OCH3 is 1. The smallest absolute Gasteiger partial charge is 0.0929 e. The van der Waals surface area contributed by atoms with Crippen molar-refractivity contribution in [2.75, 3.05) is 26.8 Å². The Morgan fingerprint density at radius 3 is 2.89 bits per heavy atom. The van der Waals surface area contributed by atoms with E-state index in [2.05, 4.69) is 23.7 Å². The molecule has 1 rings (SSSR count). The predicted octanol–water partition coefficient (Wildman–Crippen LogP) is 3.17. The van der Waals surface area contributed by atoms with Gasteiger partial charge in [0.1, 0.15) is 0 Å². The lowest BCUT2D eigenvalue weighted by Gasteiger charge is -2.27. The Bertz CT molecular complexity index is 333. The van der Waals surface area contributed by atoms with E-state index in [1.165, 1.54) is 5.01 Å².